The monoisotopic (exact) mass is 172 g/mol. The lowest BCUT2D eigenvalue weighted by Gasteiger charge is -1.89. The molecule has 0 fully saturated rings. The molecule has 60 valence electrons. The molecule has 0 aromatic carbocycles. The van der Waals surface area contributed by atoms with Crippen molar-refractivity contribution in [1.82, 2.24) is 0 Å². The van der Waals surface area contributed by atoms with E-state index in [1.54, 1.807) is 13.0 Å². The average Bonchev–Trinajstić information content (AvgIpc) is 1.99. The van der Waals surface area contributed by atoms with Crippen LogP contribution in [-0.4, -0.2) is 18.5 Å². The van der Waals surface area contributed by atoms with Gasteiger partial charge in [0.1, 0.15) is 0 Å². The third-order valence-electron chi connectivity index (χ3n) is 0.740. The Morgan fingerprint density at radius 3 is 3.00 bits per heavy atom. The van der Waals surface area contributed by atoms with Crippen LogP contribution < -0.4 is 0 Å². The van der Waals surface area contributed by atoms with E-state index in [0.717, 1.165) is 0 Å². The average molecular weight is 173 g/mol. The largest absolute Gasteiger partial charge is 0.456 e. The molecule has 0 saturated carbocycles. The summed E-state index contributed by atoms with van der Waals surface area (Å²) < 4.78 is 4.54. The van der Waals surface area contributed by atoms with Gasteiger partial charge in [-0.15, -0.1) is 11.6 Å². The van der Waals surface area contributed by atoms with E-state index in [9.17, 15) is 4.79 Å². The third kappa shape index (κ3) is 6.95. The van der Waals surface area contributed by atoms with E-state index in [4.69, 9.17) is 11.6 Å². The molecular weight excluding hydrogens is 164 g/mol. The standard InChI is InChI=1S/C8H9ClO2/c1-2-11-8(10)6-4-3-5-7-9/h3,5H,2,7H2,1H3/b5-3+. The first-order chi connectivity index (χ1) is 5.31. The van der Waals surface area contributed by atoms with Crippen molar-refractivity contribution in [2.24, 2.45) is 0 Å². The topological polar surface area (TPSA) is 26.3 Å². The van der Waals surface area contributed by atoms with Gasteiger partial charge in [-0.05, 0) is 13.0 Å². The highest BCUT2D eigenvalue weighted by atomic mass is 35.5. The highest BCUT2D eigenvalue weighted by Crippen LogP contribution is 1.77. The van der Waals surface area contributed by atoms with Crippen molar-refractivity contribution in [1.29, 1.82) is 0 Å². The van der Waals surface area contributed by atoms with Crippen molar-refractivity contribution >= 4 is 17.6 Å². The Labute approximate surface area is 71.2 Å². The molecule has 11 heavy (non-hydrogen) atoms. The van der Waals surface area contributed by atoms with E-state index in [-0.39, 0.29) is 0 Å². The Kier molecular flexibility index (Phi) is 6.56. The van der Waals surface area contributed by atoms with Crippen LogP contribution in [-0.2, 0) is 9.53 Å². The summed E-state index contributed by atoms with van der Waals surface area (Å²) in [6.07, 6.45) is 3.16. The molecule has 0 aliphatic carbocycles. The van der Waals surface area contributed by atoms with Gasteiger partial charge in [-0.25, -0.2) is 4.79 Å². The van der Waals surface area contributed by atoms with Crippen molar-refractivity contribution in [2.45, 2.75) is 6.92 Å². The van der Waals surface area contributed by atoms with Crippen LogP contribution in [0.2, 0.25) is 0 Å². The minimum absolute atomic E-state index is 0.354. The van der Waals surface area contributed by atoms with Gasteiger partial charge in [0.2, 0.25) is 0 Å². The molecule has 2 nitrogen and oxygen atoms in total. The molecule has 3 heteroatoms. The predicted octanol–water partition coefficient (Wildman–Crippen LogP) is 1.35. The molecular formula is C8H9ClO2. The molecule has 0 bridgehead atoms. The molecule has 0 aliphatic heterocycles. The van der Waals surface area contributed by atoms with E-state index >= 15 is 0 Å². The summed E-state index contributed by atoms with van der Waals surface area (Å²) in [6.45, 7) is 2.08. The maximum absolute atomic E-state index is 10.5. The summed E-state index contributed by atoms with van der Waals surface area (Å²) in [4.78, 5) is 10.5. The maximum Gasteiger partial charge on any atom is 0.384 e. The van der Waals surface area contributed by atoms with Gasteiger partial charge in [-0.2, -0.15) is 0 Å². The Morgan fingerprint density at radius 1 is 1.73 bits per heavy atom. The minimum atomic E-state index is -0.508. The molecule has 0 aromatic rings. The van der Waals surface area contributed by atoms with E-state index in [1.807, 2.05) is 0 Å². The Balaban J connectivity index is 3.68. The molecule has 0 rings (SSSR count). The summed E-state index contributed by atoms with van der Waals surface area (Å²) in [7, 11) is 0. The Bertz CT molecular complexity index is 198. The van der Waals surface area contributed by atoms with Gasteiger partial charge in [0.05, 0.1) is 6.61 Å². The smallest absolute Gasteiger partial charge is 0.384 e. The number of halogens is 1. The molecule has 0 unspecified atom stereocenters. The minimum Gasteiger partial charge on any atom is -0.456 e. The summed E-state index contributed by atoms with van der Waals surface area (Å²) in [5, 5.41) is 0. The Morgan fingerprint density at radius 2 is 2.45 bits per heavy atom. The predicted molar refractivity (Wildman–Crippen MR) is 44.3 cm³/mol. The zero-order chi connectivity index (χ0) is 8.53. The molecule has 0 amide bonds. The first-order valence-corrected chi connectivity index (χ1v) is 3.74. The third-order valence-corrected chi connectivity index (χ3v) is 0.918. The maximum atomic E-state index is 10.5. The van der Waals surface area contributed by atoms with Gasteiger partial charge >= 0.3 is 5.97 Å². The van der Waals surface area contributed by atoms with Crippen LogP contribution >= 0.6 is 11.6 Å². The number of carbonyl (C=O) groups excluding carboxylic acids is 1. The van der Waals surface area contributed by atoms with Gasteiger partial charge in [0.25, 0.3) is 0 Å². The number of carbonyl (C=O) groups is 1. The highest BCUT2D eigenvalue weighted by Gasteiger charge is 1.89. The van der Waals surface area contributed by atoms with Crippen LogP contribution in [0.15, 0.2) is 12.2 Å². The second-order valence-corrected chi connectivity index (χ2v) is 1.86. The fourth-order valence-electron chi connectivity index (χ4n) is 0.371. The molecule has 0 aromatic heterocycles. The van der Waals surface area contributed by atoms with Crippen molar-refractivity contribution < 1.29 is 9.53 Å². The fourth-order valence-corrected chi connectivity index (χ4v) is 0.460. The number of hydrogen-bond acceptors (Lipinski definition) is 2. The lowest BCUT2D eigenvalue weighted by molar-refractivity contribution is -0.136. The molecule has 0 spiro atoms. The first-order valence-electron chi connectivity index (χ1n) is 3.20. The van der Waals surface area contributed by atoms with Crippen molar-refractivity contribution in [3.63, 3.8) is 0 Å². The normalized spacial score (nSPS) is 8.91. The Hall–Kier alpha value is -0.940. The van der Waals surface area contributed by atoms with Crippen molar-refractivity contribution in [3.8, 4) is 11.8 Å². The zero-order valence-electron chi connectivity index (χ0n) is 6.26. The highest BCUT2D eigenvalue weighted by molar-refractivity contribution is 6.18. The summed E-state index contributed by atoms with van der Waals surface area (Å²) in [5.41, 5.74) is 0. The van der Waals surface area contributed by atoms with Gasteiger partial charge < -0.3 is 4.74 Å². The van der Waals surface area contributed by atoms with Gasteiger partial charge in [-0.1, -0.05) is 12.0 Å². The van der Waals surface area contributed by atoms with Crippen LogP contribution in [0, 0.1) is 11.8 Å². The number of rotatable bonds is 2. The molecule has 0 radical (unpaired) electrons. The van der Waals surface area contributed by atoms with E-state index in [0.29, 0.717) is 12.5 Å². The quantitative estimate of drug-likeness (QED) is 0.272. The summed E-state index contributed by atoms with van der Waals surface area (Å²) in [6, 6.07) is 0. The fraction of sp³-hybridized carbons (Fsp3) is 0.375. The lowest BCUT2D eigenvalue weighted by atomic mass is 10.5. The number of ether oxygens (including phenoxy) is 1. The van der Waals surface area contributed by atoms with Gasteiger partial charge in [-0.3, -0.25) is 0 Å². The number of esters is 1. The molecule has 0 atom stereocenters. The molecule has 0 aliphatic rings. The van der Waals surface area contributed by atoms with E-state index < -0.39 is 5.97 Å². The summed E-state index contributed by atoms with van der Waals surface area (Å²) >= 11 is 5.31. The van der Waals surface area contributed by atoms with Crippen molar-refractivity contribution in [2.75, 3.05) is 12.5 Å². The van der Waals surface area contributed by atoms with E-state index in [1.165, 1.54) is 6.08 Å². The second kappa shape index (κ2) is 7.17. The van der Waals surface area contributed by atoms with E-state index in [2.05, 4.69) is 16.6 Å². The first kappa shape index (κ1) is 10.1. The number of alkyl halides is 1. The van der Waals surface area contributed by atoms with Crippen LogP contribution in [0.1, 0.15) is 6.92 Å². The van der Waals surface area contributed by atoms with Crippen LogP contribution in [0.25, 0.3) is 0 Å². The SMILES string of the molecule is CCOC(=O)C#C/C=C/CCl. The van der Waals surface area contributed by atoms with Crippen LogP contribution in [0.5, 0.6) is 0 Å². The molecule has 0 N–H and O–H groups in total. The molecule has 0 heterocycles. The van der Waals surface area contributed by atoms with Crippen LogP contribution in [0.3, 0.4) is 0 Å². The number of allylic oxidation sites excluding steroid dienone is 2. The van der Waals surface area contributed by atoms with Crippen LogP contribution in [0.4, 0.5) is 0 Å². The second-order valence-electron chi connectivity index (χ2n) is 1.55. The molecule has 0 saturated heterocycles. The lowest BCUT2D eigenvalue weighted by Crippen LogP contribution is -1.99. The number of hydrogen-bond donors (Lipinski definition) is 0. The van der Waals surface area contributed by atoms with Crippen molar-refractivity contribution in [3.05, 3.63) is 12.2 Å². The van der Waals surface area contributed by atoms with Gasteiger partial charge in [0.15, 0.2) is 0 Å². The van der Waals surface area contributed by atoms with Gasteiger partial charge in [0, 0.05) is 11.8 Å². The zero-order valence-corrected chi connectivity index (χ0v) is 7.02. The summed E-state index contributed by atoms with van der Waals surface area (Å²) in [5.74, 6) is 4.64.